The monoisotopic (exact) mass is 403 g/mol. The van der Waals surface area contributed by atoms with Gasteiger partial charge in [0.2, 0.25) is 0 Å². The fraction of sp³-hybridized carbons (Fsp3) is 0.167. The van der Waals surface area contributed by atoms with Crippen LogP contribution in [-0.2, 0) is 11.4 Å². The Morgan fingerprint density at radius 2 is 1.77 bits per heavy atom. The summed E-state index contributed by atoms with van der Waals surface area (Å²) in [4.78, 5) is 17.4. The van der Waals surface area contributed by atoms with Crippen molar-refractivity contribution >= 4 is 17.5 Å². The molecule has 0 saturated carbocycles. The van der Waals surface area contributed by atoms with E-state index in [9.17, 15) is 4.79 Å². The van der Waals surface area contributed by atoms with Gasteiger partial charge in [0.1, 0.15) is 12.4 Å². The first kappa shape index (κ1) is 20.9. The number of nitrogens with two attached hydrogens (primary N) is 2. The molecule has 0 aliphatic rings. The highest BCUT2D eigenvalue weighted by Gasteiger charge is 2.11. The standard InChI is InChI=1S/C24H25N3O3/c1-15-10-11-22(16(2)12-15)29-14-18-6-4-7-19(13-18)24(28)30-27-23(26)20-8-5-9-21(25)17(20)3/h4-13H,14,25H2,1-3H3,(H2,26,27). The maximum atomic E-state index is 12.4. The molecule has 0 saturated heterocycles. The molecule has 30 heavy (non-hydrogen) atoms. The lowest BCUT2D eigenvalue weighted by molar-refractivity contribution is 0.0516. The molecule has 0 unspecified atom stereocenters. The Morgan fingerprint density at radius 3 is 2.53 bits per heavy atom. The van der Waals surface area contributed by atoms with Gasteiger partial charge in [-0.3, -0.25) is 0 Å². The molecule has 0 aliphatic carbocycles. The van der Waals surface area contributed by atoms with Crippen molar-refractivity contribution < 1.29 is 14.4 Å². The zero-order chi connectivity index (χ0) is 21.7. The van der Waals surface area contributed by atoms with Crippen molar-refractivity contribution in [3.05, 3.63) is 94.0 Å². The average molecular weight is 403 g/mol. The molecule has 0 heterocycles. The number of benzene rings is 3. The summed E-state index contributed by atoms with van der Waals surface area (Å²) in [7, 11) is 0. The molecule has 0 bridgehead atoms. The van der Waals surface area contributed by atoms with E-state index in [4.69, 9.17) is 21.0 Å². The molecule has 0 atom stereocenters. The Balaban J connectivity index is 1.67. The Kier molecular flexibility index (Phi) is 6.37. The van der Waals surface area contributed by atoms with Gasteiger partial charge in [-0.15, -0.1) is 0 Å². The van der Waals surface area contributed by atoms with Crippen LogP contribution in [-0.4, -0.2) is 11.8 Å². The van der Waals surface area contributed by atoms with Gasteiger partial charge in [0.15, 0.2) is 5.84 Å². The van der Waals surface area contributed by atoms with Crippen LogP contribution < -0.4 is 16.2 Å². The molecule has 0 spiro atoms. The van der Waals surface area contributed by atoms with Crippen LogP contribution in [0, 0.1) is 20.8 Å². The summed E-state index contributed by atoms with van der Waals surface area (Å²) >= 11 is 0. The molecule has 3 rings (SSSR count). The first-order chi connectivity index (χ1) is 14.3. The molecule has 0 aromatic heterocycles. The van der Waals surface area contributed by atoms with Gasteiger partial charge in [0, 0.05) is 11.3 Å². The van der Waals surface area contributed by atoms with E-state index in [1.54, 1.807) is 36.4 Å². The van der Waals surface area contributed by atoms with Gasteiger partial charge < -0.3 is 21.0 Å². The Labute approximate surface area is 176 Å². The van der Waals surface area contributed by atoms with Crippen molar-refractivity contribution in [3.63, 3.8) is 0 Å². The van der Waals surface area contributed by atoms with Crippen LogP contribution in [0.5, 0.6) is 5.75 Å². The first-order valence-electron chi connectivity index (χ1n) is 9.54. The number of carbonyl (C=O) groups is 1. The third-order valence-electron chi connectivity index (χ3n) is 4.77. The normalized spacial score (nSPS) is 11.2. The van der Waals surface area contributed by atoms with Crippen molar-refractivity contribution in [2.24, 2.45) is 10.9 Å². The number of ether oxygens (including phenoxy) is 1. The first-order valence-corrected chi connectivity index (χ1v) is 9.54. The van der Waals surface area contributed by atoms with Crippen LogP contribution in [0.25, 0.3) is 0 Å². The summed E-state index contributed by atoms with van der Waals surface area (Å²) in [5.41, 5.74) is 17.3. The van der Waals surface area contributed by atoms with E-state index in [1.165, 1.54) is 5.56 Å². The molecule has 0 amide bonds. The zero-order valence-corrected chi connectivity index (χ0v) is 17.3. The molecule has 6 nitrogen and oxygen atoms in total. The minimum Gasteiger partial charge on any atom is -0.489 e. The summed E-state index contributed by atoms with van der Waals surface area (Å²) in [6.07, 6.45) is 0. The molecule has 4 N–H and O–H groups in total. The van der Waals surface area contributed by atoms with Gasteiger partial charge in [-0.1, -0.05) is 47.1 Å². The molecular weight excluding hydrogens is 378 g/mol. The fourth-order valence-corrected chi connectivity index (χ4v) is 3.03. The number of carbonyl (C=O) groups excluding carboxylic acids is 1. The summed E-state index contributed by atoms with van der Waals surface area (Å²) in [5.74, 6) is 0.291. The number of anilines is 1. The molecule has 6 heteroatoms. The van der Waals surface area contributed by atoms with Gasteiger partial charge >= 0.3 is 5.97 Å². The third kappa shape index (κ3) is 4.97. The number of aryl methyl sites for hydroxylation is 2. The number of oxime groups is 1. The Bertz CT molecular complexity index is 1110. The lowest BCUT2D eigenvalue weighted by Gasteiger charge is -2.10. The fourth-order valence-electron chi connectivity index (χ4n) is 3.03. The number of hydrogen-bond donors (Lipinski definition) is 2. The molecule has 0 aliphatic heterocycles. The average Bonchev–Trinajstić information content (AvgIpc) is 2.73. The van der Waals surface area contributed by atoms with Crippen LogP contribution in [0.2, 0.25) is 0 Å². The molecule has 154 valence electrons. The van der Waals surface area contributed by atoms with Gasteiger partial charge in [-0.25, -0.2) is 4.79 Å². The zero-order valence-electron chi connectivity index (χ0n) is 17.3. The van der Waals surface area contributed by atoms with E-state index in [-0.39, 0.29) is 5.84 Å². The summed E-state index contributed by atoms with van der Waals surface area (Å²) < 4.78 is 5.88. The molecule has 0 fully saturated rings. The lowest BCUT2D eigenvalue weighted by atomic mass is 10.1. The van der Waals surface area contributed by atoms with Crippen LogP contribution in [0.1, 0.15) is 38.2 Å². The lowest BCUT2D eigenvalue weighted by Crippen LogP contribution is -2.17. The molecular formula is C24H25N3O3. The largest absolute Gasteiger partial charge is 0.489 e. The molecule has 3 aromatic carbocycles. The van der Waals surface area contributed by atoms with Crippen LogP contribution in [0.4, 0.5) is 5.69 Å². The van der Waals surface area contributed by atoms with Gasteiger partial charge in [-0.2, -0.15) is 0 Å². The number of hydrogen-bond acceptors (Lipinski definition) is 5. The highest BCUT2D eigenvalue weighted by atomic mass is 16.7. The Hall–Kier alpha value is -3.80. The highest BCUT2D eigenvalue weighted by molar-refractivity contribution is 6.00. The van der Waals surface area contributed by atoms with Crippen LogP contribution >= 0.6 is 0 Å². The number of nitrogen functional groups attached to an aromatic ring is 1. The minimum absolute atomic E-state index is 0.0856. The predicted octanol–water partition coefficient (Wildman–Crippen LogP) is 4.25. The van der Waals surface area contributed by atoms with E-state index >= 15 is 0 Å². The second kappa shape index (κ2) is 9.13. The maximum Gasteiger partial charge on any atom is 0.365 e. The summed E-state index contributed by atoms with van der Waals surface area (Å²) in [6, 6.07) is 18.3. The van der Waals surface area contributed by atoms with Gasteiger partial charge in [0.05, 0.1) is 5.56 Å². The van der Waals surface area contributed by atoms with Crippen molar-refractivity contribution in [1.29, 1.82) is 0 Å². The van der Waals surface area contributed by atoms with E-state index in [0.29, 0.717) is 23.4 Å². The van der Waals surface area contributed by atoms with Crippen molar-refractivity contribution in [2.45, 2.75) is 27.4 Å². The van der Waals surface area contributed by atoms with Crippen molar-refractivity contribution in [3.8, 4) is 5.75 Å². The number of rotatable bonds is 6. The quantitative estimate of drug-likeness (QED) is 0.211. The second-order valence-electron chi connectivity index (χ2n) is 7.13. The molecule has 0 radical (unpaired) electrons. The summed E-state index contributed by atoms with van der Waals surface area (Å²) in [5, 5.41) is 3.77. The van der Waals surface area contributed by atoms with Gasteiger partial charge in [0.25, 0.3) is 0 Å². The Morgan fingerprint density at radius 1 is 1.00 bits per heavy atom. The van der Waals surface area contributed by atoms with E-state index in [0.717, 1.165) is 22.4 Å². The number of amidine groups is 1. The third-order valence-corrected chi connectivity index (χ3v) is 4.77. The molecule has 3 aromatic rings. The second-order valence-corrected chi connectivity index (χ2v) is 7.13. The van der Waals surface area contributed by atoms with E-state index in [1.807, 2.05) is 39.0 Å². The SMILES string of the molecule is Cc1ccc(OCc2cccc(C(=O)O/N=C(\N)c3cccc(N)c3C)c2)c(C)c1. The van der Waals surface area contributed by atoms with Crippen LogP contribution in [0.15, 0.2) is 65.8 Å². The predicted molar refractivity (Wildman–Crippen MR) is 118 cm³/mol. The smallest absolute Gasteiger partial charge is 0.365 e. The van der Waals surface area contributed by atoms with Gasteiger partial charge in [-0.05, 0) is 61.7 Å². The highest BCUT2D eigenvalue weighted by Crippen LogP contribution is 2.20. The van der Waals surface area contributed by atoms with E-state index < -0.39 is 5.97 Å². The van der Waals surface area contributed by atoms with E-state index in [2.05, 4.69) is 11.2 Å². The summed E-state index contributed by atoms with van der Waals surface area (Å²) in [6.45, 7) is 6.20. The van der Waals surface area contributed by atoms with Crippen molar-refractivity contribution in [2.75, 3.05) is 5.73 Å². The maximum absolute atomic E-state index is 12.4. The van der Waals surface area contributed by atoms with Crippen molar-refractivity contribution in [1.82, 2.24) is 0 Å². The van der Waals surface area contributed by atoms with Crippen LogP contribution in [0.3, 0.4) is 0 Å². The number of nitrogens with zero attached hydrogens (tertiary/aromatic N) is 1. The topological polar surface area (TPSA) is 99.9 Å². The minimum atomic E-state index is -0.604.